The van der Waals surface area contributed by atoms with Crippen molar-refractivity contribution in [3.63, 3.8) is 0 Å². The van der Waals surface area contributed by atoms with E-state index in [0.29, 0.717) is 25.3 Å². The zero-order valence-electron chi connectivity index (χ0n) is 12.5. The largest absolute Gasteiger partial charge is 0.318 e. The van der Waals surface area contributed by atoms with Crippen LogP contribution in [0.15, 0.2) is 50.0 Å². The first-order valence-corrected chi connectivity index (χ1v) is 9.52. The van der Waals surface area contributed by atoms with Crippen LogP contribution in [0.4, 0.5) is 9.52 Å². The summed E-state index contributed by atoms with van der Waals surface area (Å²) in [7, 11) is 0. The van der Waals surface area contributed by atoms with Gasteiger partial charge in [0.25, 0.3) is 5.91 Å². The molecule has 1 amide bonds. The molecule has 2 N–H and O–H groups in total. The Morgan fingerprint density at radius 3 is 2.88 bits per heavy atom. The average molecular weight is 441 g/mol. The van der Waals surface area contributed by atoms with Gasteiger partial charge in [-0.1, -0.05) is 41.3 Å². The van der Waals surface area contributed by atoms with Gasteiger partial charge < -0.3 is 4.98 Å². The van der Waals surface area contributed by atoms with Crippen LogP contribution in [0.2, 0.25) is 0 Å². The molecule has 0 spiro atoms. The molecule has 10 heteroatoms. The topological polar surface area (TPSA) is 87.7 Å². The molecule has 0 aliphatic heterocycles. The van der Waals surface area contributed by atoms with E-state index in [2.05, 4.69) is 36.4 Å². The van der Waals surface area contributed by atoms with E-state index >= 15 is 0 Å². The summed E-state index contributed by atoms with van der Waals surface area (Å²) in [6.07, 6.45) is 0. The van der Waals surface area contributed by atoms with Crippen LogP contribution in [-0.2, 0) is 5.75 Å². The molecule has 25 heavy (non-hydrogen) atoms. The van der Waals surface area contributed by atoms with Crippen molar-refractivity contribution in [2.45, 2.75) is 10.1 Å². The molecule has 128 valence electrons. The van der Waals surface area contributed by atoms with Gasteiger partial charge in [-0.3, -0.25) is 14.9 Å². The van der Waals surface area contributed by atoms with Gasteiger partial charge in [0.2, 0.25) is 10.7 Å². The van der Waals surface area contributed by atoms with Crippen LogP contribution >= 0.6 is 39.0 Å². The van der Waals surface area contributed by atoms with Crippen molar-refractivity contribution >= 4 is 50.1 Å². The fraction of sp³-hybridized carbons (Fsp3) is 0.0667. The minimum absolute atomic E-state index is 0.133. The molecule has 1 aromatic carbocycles. The third-order valence-corrected chi connectivity index (χ3v) is 5.66. The number of H-pyrrole nitrogens is 1. The van der Waals surface area contributed by atoms with Gasteiger partial charge in [0.15, 0.2) is 4.34 Å². The molecule has 0 saturated carbocycles. The van der Waals surface area contributed by atoms with Gasteiger partial charge in [-0.25, -0.2) is 4.39 Å². The molecule has 0 saturated heterocycles. The molecule has 3 rings (SSSR count). The van der Waals surface area contributed by atoms with Gasteiger partial charge in [0, 0.05) is 11.8 Å². The summed E-state index contributed by atoms with van der Waals surface area (Å²) < 4.78 is 14.9. The van der Waals surface area contributed by atoms with Gasteiger partial charge >= 0.3 is 0 Å². The first kappa shape index (κ1) is 17.8. The normalized spacial score (nSPS) is 10.6. The zero-order chi connectivity index (χ0) is 17.8. The third-order valence-electron chi connectivity index (χ3n) is 3.02. The number of pyridine rings is 1. The van der Waals surface area contributed by atoms with E-state index in [1.807, 2.05) is 0 Å². The predicted octanol–water partition coefficient (Wildman–Crippen LogP) is 3.67. The highest BCUT2D eigenvalue weighted by atomic mass is 79.9. The number of nitrogens with zero attached hydrogens (tertiary/aromatic N) is 2. The molecule has 6 nitrogen and oxygen atoms in total. The summed E-state index contributed by atoms with van der Waals surface area (Å²) in [6, 6.07) is 9.39. The number of hydrogen-bond acceptors (Lipinski definition) is 6. The van der Waals surface area contributed by atoms with Crippen LogP contribution in [0.5, 0.6) is 0 Å². The lowest BCUT2D eigenvalue weighted by Crippen LogP contribution is -2.17. The molecule has 2 aromatic heterocycles. The summed E-state index contributed by atoms with van der Waals surface area (Å²) >= 11 is 5.64. The first-order valence-electron chi connectivity index (χ1n) is 6.93. The Kier molecular flexibility index (Phi) is 5.61. The molecular weight excluding hydrogens is 431 g/mol. The maximum absolute atomic E-state index is 13.9. The highest BCUT2D eigenvalue weighted by Gasteiger charge is 2.12. The second kappa shape index (κ2) is 7.89. The molecule has 0 fully saturated rings. The fourth-order valence-corrected chi connectivity index (χ4v) is 3.99. The lowest BCUT2D eigenvalue weighted by Gasteiger charge is -2.02. The Balaban J connectivity index is 1.63. The van der Waals surface area contributed by atoms with Crippen molar-refractivity contribution < 1.29 is 9.18 Å². The molecule has 0 aliphatic carbocycles. The number of halogens is 2. The number of thioether (sulfide) groups is 1. The van der Waals surface area contributed by atoms with Crippen LogP contribution < -0.4 is 10.9 Å². The highest BCUT2D eigenvalue weighted by molar-refractivity contribution is 9.10. The van der Waals surface area contributed by atoms with E-state index < -0.39 is 5.91 Å². The SMILES string of the molecule is O=C(Nc1nnc(SCc2cccc(Br)c2F)s1)c1cccc(=O)[nH]1. The molecule has 0 aliphatic rings. The summed E-state index contributed by atoms with van der Waals surface area (Å²) in [6.45, 7) is 0. The summed E-state index contributed by atoms with van der Waals surface area (Å²) in [5, 5.41) is 10.7. The minimum atomic E-state index is -0.483. The molecule has 0 atom stereocenters. The van der Waals surface area contributed by atoms with Gasteiger partial charge in [-0.2, -0.15) is 0 Å². The lowest BCUT2D eigenvalue weighted by atomic mass is 10.2. The molecule has 0 bridgehead atoms. The van der Waals surface area contributed by atoms with E-state index in [1.54, 1.807) is 18.2 Å². The lowest BCUT2D eigenvalue weighted by molar-refractivity contribution is 0.102. The number of rotatable bonds is 5. The minimum Gasteiger partial charge on any atom is -0.318 e. The van der Waals surface area contributed by atoms with Crippen molar-refractivity contribution in [2.75, 3.05) is 5.32 Å². The molecule has 2 heterocycles. The monoisotopic (exact) mass is 440 g/mol. The maximum atomic E-state index is 13.9. The first-order chi connectivity index (χ1) is 12.0. The van der Waals surface area contributed by atoms with Crippen molar-refractivity contribution in [3.05, 3.63) is 68.3 Å². The van der Waals surface area contributed by atoms with Crippen LogP contribution in [0.3, 0.4) is 0 Å². The van der Waals surface area contributed by atoms with Crippen LogP contribution in [0.25, 0.3) is 0 Å². The Bertz CT molecular complexity index is 976. The highest BCUT2D eigenvalue weighted by Crippen LogP contribution is 2.30. The number of carbonyl (C=O) groups excluding carboxylic acids is 1. The number of carbonyl (C=O) groups is 1. The Morgan fingerprint density at radius 1 is 1.28 bits per heavy atom. The van der Waals surface area contributed by atoms with Crippen molar-refractivity contribution in [1.82, 2.24) is 15.2 Å². The van der Waals surface area contributed by atoms with E-state index in [9.17, 15) is 14.0 Å². The summed E-state index contributed by atoms with van der Waals surface area (Å²) in [5.74, 6) is -0.399. The van der Waals surface area contributed by atoms with Gasteiger partial charge in [-0.15, -0.1) is 10.2 Å². The third kappa shape index (κ3) is 4.53. The second-order valence-corrected chi connectivity index (χ2v) is 7.81. The zero-order valence-corrected chi connectivity index (χ0v) is 15.7. The molecular formula is C15H10BrFN4O2S2. The summed E-state index contributed by atoms with van der Waals surface area (Å²) in [5.41, 5.74) is 0.312. The number of anilines is 1. The number of benzene rings is 1. The van der Waals surface area contributed by atoms with Gasteiger partial charge in [-0.05, 0) is 33.6 Å². The molecule has 0 radical (unpaired) electrons. The Labute approximate surface area is 158 Å². The molecule has 3 aromatic rings. The second-order valence-electron chi connectivity index (χ2n) is 4.76. The standard InChI is InChI=1S/C15H10BrFN4O2S2/c16-9-4-1-3-8(12(9)17)7-24-15-21-20-14(25-15)19-13(23)10-5-2-6-11(22)18-10/h1-6H,7H2,(H,18,22)(H,19,20,23). The smallest absolute Gasteiger partial charge is 0.274 e. The number of hydrogen-bond donors (Lipinski definition) is 2. The number of amides is 1. The van der Waals surface area contributed by atoms with Crippen LogP contribution in [0.1, 0.15) is 16.1 Å². The number of aromatic amines is 1. The van der Waals surface area contributed by atoms with Crippen LogP contribution in [0, 0.1) is 5.82 Å². The van der Waals surface area contributed by atoms with Crippen molar-refractivity contribution in [1.29, 1.82) is 0 Å². The average Bonchev–Trinajstić information content (AvgIpc) is 3.03. The number of nitrogens with one attached hydrogen (secondary N) is 2. The predicted molar refractivity (Wildman–Crippen MR) is 98.6 cm³/mol. The molecule has 0 unspecified atom stereocenters. The number of aromatic nitrogens is 3. The van der Waals surface area contributed by atoms with Crippen molar-refractivity contribution in [3.8, 4) is 0 Å². The van der Waals surface area contributed by atoms with Gasteiger partial charge in [0.05, 0.1) is 4.47 Å². The maximum Gasteiger partial charge on any atom is 0.274 e. The fourth-order valence-electron chi connectivity index (χ4n) is 1.86. The Morgan fingerprint density at radius 2 is 2.08 bits per heavy atom. The van der Waals surface area contributed by atoms with E-state index in [1.165, 1.54) is 41.3 Å². The van der Waals surface area contributed by atoms with Gasteiger partial charge in [0.1, 0.15) is 11.5 Å². The summed E-state index contributed by atoms with van der Waals surface area (Å²) in [4.78, 5) is 25.7. The van der Waals surface area contributed by atoms with Crippen LogP contribution in [-0.4, -0.2) is 21.1 Å². The van der Waals surface area contributed by atoms with E-state index in [-0.39, 0.29) is 17.1 Å². The van der Waals surface area contributed by atoms with Crippen molar-refractivity contribution in [2.24, 2.45) is 0 Å². The van der Waals surface area contributed by atoms with E-state index in [0.717, 1.165) is 0 Å². The van der Waals surface area contributed by atoms with E-state index in [4.69, 9.17) is 0 Å². The quantitative estimate of drug-likeness (QED) is 0.466. The Hall–Kier alpha value is -2.04.